The lowest BCUT2D eigenvalue weighted by molar-refractivity contribution is -0.0731. The van der Waals surface area contributed by atoms with Crippen molar-refractivity contribution in [2.24, 2.45) is 0 Å². The van der Waals surface area contributed by atoms with Crippen LogP contribution in [0, 0.1) is 25.2 Å². The lowest BCUT2D eigenvalue weighted by atomic mass is 9.71. The molecule has 2 aromatic carbocycles. The Kier molecular flexibility index (Phi) is 10.2. The van der Waals surface area contributed by atoms with Gasteiger partial charge in [-0.3, -0.25) is 9.80 Å². The number of alkyl halides is 3. The van der Waals surface area contributed by atoms with E-state index in [2.05, 4.69) is 33.8 Å². The number of halogens is 3. The Hall–Kier alpha value is -3.31. The van der Waals surface area contributed by atoms with E-state index in [1.165, 1.54) is 0 Å². The van der Waals surface area contributed by atoms with Crippen LogP contribution in [0.3, 0.4) is 0 Å². The normalized spacial score (nSPS) is 23.8. The molecule has 1 saturated heterocycles. The van der Waals surface area contributed by atoms with Crippen LogP contribution in [0.4, 0.5) is 4.79 Å². The quantitative estimate of drug-likeness (QED) is 0.190. The number of likely N-dealkylation sites (N-methyl/N-ethyl adjacent to an activating group) is 1. The van der Waals surface area contributed by atoms with Crippen LogP contribution < -0.4 is 29.0 Å². The van der Waals surface area contributed by atoms with Gasteiger partial charge in [-0.1, -0.05) is 53.5 Å². The predicted octanol–water partition coefficient (Wildman–Crippen LogP) is 5.46. The number of methoxy groups -OCH3 is 2. The summed E-state index contributed by atoms with van der Waals surface area (Å²) in [6.07, 6.45) is 1.96. The van der Waals surface area contributed by atoms with Crippen LogP contribution >= 0.6 is 34.8 Å². The van der Waals surface area contributed by atoms with Crippen molar-refractivity contribution in [2.45, 2.75) is 60.7 Å². The summed E-state index contributed by atoms with van der Waals surface area (Å²) < 4.78 is 39.4. The molecule has 264 valence electrons. The number of hydrogen-bond donors (Lipinski definition) is 1. The van der Waals surface area contributed by atoms with Crippen molar-refractivity contribution in [3.8, 4) is 34.8 Å². The number of carbonyl (C=O) groups is 1. The average Bonchev–Trinajstić information content (AvgIpc) is 3.55. The molecule has 6 rings (SSSR count). The molecule has 12 nitrogen and oxygen atoms in total. The molecule has 4 heterocycles. The Bertz CT molecular complexity index is 1680. The minimum absolute atomic E-state index is 0.0186. The molecule has 49 heavy (non-hydrogen) atoms. The lowest BCUT2D eigenvalue weighted by Gasteiger charge is -2.60. The van der Waals surface area contributed by atoms with Gasteiger partial charge in [-0.05, 0) is 44.9 Å². The maximum atomic E-state index is 13.0. The fraction of sp³-hybridized carbons (Fsp3) is 0.529. The first-order valence-electron chi connectivity index (χ1n) is 15.8. The van der Waals surface area contributed by atoms with E-state index in [0.29, 0.717) is 41.6 Å². The van der Waals surface area contributed by atoms with Crippen LogP contribution in [0.15, 0.2) is 18.7 Å². The van der Waals surface area contributed by atoms with Gasteiger partial charge >= 0.3 is 6.09 Å². The molecule has 1 fully saturated rings. The number of aryl methyl sites for hydroxylation is 1. The van der Waals surface area contributed by atoms with Crippen molar-refractivity contribution in [2.75, 3.05) is 54.6 Å². The number of carbonyl (C=O) groups excluding carboxylic acids is 1. The predicted molar refractivity (Wildman–Crippen MR) is 182 cm³/mol. The second-order valence-electron chi connectivity index (χ2n) is 12.5. The van der Waals surface area contributed by atoms with E-state index in [1.54, 1.807) is 20.3 Å². The van der Waals surface area contributed by atoms with Gasteiger partial charge in [-0.25, -0.2) is 4.79 Å². The molecule has 0 aliphatic carbocycles. The largest absolute Gasteiger partial charge is 0.493 e. The van der Waals surface area contributed by atoms with E-state index in [9.17, 15) is 10.1 Å². The molecule has 0 aromatic heterocycles. The Balaban J connectivity index is 1.55. The highest BCUT2D eigenvalue weighted by atomic mass is 35.6. The molecule has 2 unspecified atom stereocenters. The molecule has 1 amide bonds. The molecule has 5 atom stereocenters. The van der Waals surface area contributed by atoms with Crippen molar-refractivity contribution in [3.63, 3.8) is 0 Å². The van der Waals surface area contributed by atoms with Crippen molar-refractivity contribution < 1.29 is 38.0 Å². The first-order chi connectivity index (χ1) is 23.4. The van der Waals surface area contributed by atoms with Gasteiger partial charge in [0.15, 0.2) is 29.8 Å². The average molecular weight is 738 g/mol. The van der Waals surface area contributed by atoms with Crippen molar-refractivity contribution in [1.29, 1.82) is 5.26 Å². The summed E-state index contributed by atoms with van der Waals surface area (Å²) in [6, 6.07) is 2.83. The fourth-order valence-corrected chi connectivity index (χ4v) is 8.15. The molecule has 0 spiro atoms. The Morgan fingerprint density at radius 3 is 2.55 bits per heavy atom. The highest BCUT2D eigenvalue weighted by Crippen LogP contribution is 2.58. The Labute approximate surface area is 300 Å². The minimum atomic E-state index is -1.78. The molecular formula is C34H39Cl3N4O8. The third-order valence-corrected chi connectivity index (χ3v) is 10.0. The summed E-state index contributed by atoms with van der Waals surface area (Å²) in [5.74, 6) is 2.99. The summed E-state index contributed by atoms with van der Waals surface area (Å²) in [5, 5.41) is 13.8. The van der Waals surface area contributed by atoms with Gasteiger partial charge in [0.1, 0.15) is 25.0 Å². The number of nitrogens with one attached hydrogen (secondary N) is 1. The number of nitrogens with zero attached hydrogens (tertiary/aromatic N) is 3. The summed E-state index contributed by atoms with van der Waals surface area (Å²) in [5.41, 5.74) is 5.43. The molecule has 0 radical (unpaired) electrons. The van der Waals surface area contributed by atoms with Crippen LogP contribution in [-0.4, -0.2) is 92.4 Å². The highest BCUT2D eigenvalue weighted by molar-refractivity contribution is 6.67. The number of piperazine rings is 1. The van der Waals surface area contributed by atoms with Gasteiger partial charge < -0.3 is 38.5 Å². The number of hydrogen-bond acceptors (Lipinski definition) is 11. The molecule has 2 bridgehead atoms. The van der Waals surface area contributed by atoms with Gasteiger partial charge in [0.05, 0.1) is 25.3 Å². The molecule has 0 saturated carbocycles. The second kappa shape index (κ2) is 14.1. The lowest BCUT2D eigenvalue weighted by Crippen LogP contribution is -2.68. The summed E-state index contributed by atoms with van der Waals surface area (Å²) in [6.45, 7) is 7.66. The number of rotatable bonds is 10. The number of nitriles is 1. The molecule has 15 heteroatoms. The van der Waals surface area contributed by atoms with Gasteiger partial charge in [0.2, 0.25) is 10.6 Å². The molecule has 4 aliphatic rings. The van der Waals surface area contributed by atoms with Gasteiger partial charge in [0, 0.05) is 48.0 Å². The standard InChI is InChI=1S/C34H39Cl3N4O8/c1-7-8-45-29-18(3)30-32(49-16-48-30)26-20(29)11-22-27-25-19(9-17(2)28(44-6)31(25)47-15-43-5)10-21(40(27)4)23(12-38)41(22)24(26)13-39-33(42)46-14-34(35,36)37/h7,9,21-24,27H,1,8,10-11,13-16H2,2-6H3,(H,39,42)/t21-,22?,23+,24+,27?/m1/s1. The van der Waals surface area contributed by atoms with Crippen LogP contribution in [-0.2, 0) is 22.3 Å². The van der Waals surface area contributed by atoms with Gasteiger partial charge in [-0.2, -0.15) is 5.26 Å². The van der Waals surface area contributed by atoms with Gasteiger partial charge in [0.25, 0.3) is 0 Å². The zero-order valence-corrected chi connectivity index (χ0v) is 30.2. The SMILES string of the molecule is C=CCOc1c(C)c2c(c3c1CC1C4c5c(cc(C)c(OC)c5OCOC)C[C@H]([C@H](C#N)N1[C@H]3CNC(=O)OCC(Cl)(Cl)Cl)N4C)OCO2. The molecule has 1 N–H and O–H groups in total. The highest BCUT2D eigenvalue weighted by Gasteiger charge is 2.57. The van der Waals surface area contributed by atoms with Crippen molar-refractivity contribution in [3.05, 3.63) is 52.1 Å². The first kappa shape index (κ1) is 35.5. The van der Waals surface area contributed by atoms with Crippen LogP contribution in [0.1, 0.15) is 45.5 Å². The van der Waals surface area contributed by atoms with E-state index in [0.717, 1.165) is 33.4 Å². The zero-order valence-electron chi connectivity index (χ0n) is 27.9. The number of amides is 1. The Morgan fingerprint density at radius 1 is 1.12 bits per heavy atom. The molecule has 4 aliphatic heterocycles. The zero-order chi connectivity index (χ0) is 35.2. The number of benzene rings is 2. The maximum absolute atomic E-state index is 13.0. The second-order valence-corrected chi connectivity index (χ2v) is 15.0. The van der Waals surface area contributed by atoms with Crippen LogP contribution in [0.25, 0.3) is 0 Å². The monoisotopic (exact) mass is 736 g/mol. The Morgan fingerprint density at radius 2 is 1.88 bits per heavy atom. The fourth-order valence-electron chi connectivity index (χ4n) is 7.98. The number of alkyl carbamates (subject to hydrolysis) is 1. The molecular weight excluding hydrogens is 699 g/mol. The summed E-state index contributed by atoms with van der Waals surface area (Å²) >= 11 is 17.5. The topological polar surface area (TPSA) is 124 Å². The first-order valence-corrected chi connectivity index (χ1v) is 17.0. The molecule has 2 aromatic rings. The number of fused-ring (bicyclic) bond motifs is 9. The maximum Gasteiger partial charge on any atom is 0.407 e. The summed E-state index contributed by atoms with van der Waals surface area (Å²) in [4.78, 5) is 17.4. The van der Waals surface area contributed by atoms with Crippen LogP contribution in [0.2, 0.25) is 0 Å². The third-order valence-electron chi connectivity index (χ3n) is 9.72. The van der Waals surface area contributed by atoms with Crippen molar-refractivity contribution >= 4 is 40.9 Å². The van der Waals surface area contributed by atoms with E-state index < -0.39 is 28.6 Å². The van der Waals surface area contributed by atoms with Gasteiger partial charge in [-0.15, -0.1) is 0 Å². The third kappa shape index (κ3) is 6.30. The van der Waals surface area contributed by atoms with Crippen molar-refractivity contribution in [1.82, 2.24) is 15.1 Å². The van der Waals surface area contributed by atoms with E-state index >= 15 is 0 Å². The van der Waals surface area contributed by atoms with Crippen LogP contribution in [0.5, 0.6) is 28.7 Å². The van der Waals surface area contributed by atoms with E-state index in [1.807, 2.05) is 20.9 Å². The smallest absolute Gasteiger partial charge is 0.407 e. The summed E-state index contributed by atoms with van der Waals surface area (Å²) in [7, 11) is 5.24. The van der Waals surface area contributed by atoms with E-state index in [4.69, 9.17) is 68.0 Å². The minimum Gasteiger partial charge on any atom is -0.493 e. The number of ether oxygens (including phenoxy) is 7. The van der Waals surface area contributed by atoms with E-state index in [-0.39, 0.29) is 44.9 Å².